The summed E-state index contributed by atoms with van der Waals surface area (Å²) in [5, 5.41) is 17.7. The van der Waals surface area contributed by atoms with Crippen LogP contribution in [0.3, 0.4) is 0 Å². The molecule has 182 valence electrons. The van der Waals surface area contributed by atoms with Crippen LogP contribution in [0.1, 0.15) is 56.9 Å². The third-order valence-corrected chi connectivity index (χ3v) is 6.34. The first-order chi connectivity index (χ1) is 16.0. The summed E-state index contributed by atoms with van der Waals surface area (Å²) in [5.41, 5.74) is 0.794. The van der Waals surface area contributed by atoms with E-state index in [1.807, 2.05) is 0 Å². The fourth-order valence-corrected chi connectivity index (χ4v) is 4.51. The lowest BCUT2D eigenvalue weighted by Crippen LogP contribution is -2.59. The molecule has 3 rings (SSSR count). The van der Waals surface area contributed by atoms with Crippen molar-refractivity contribution in [3.05, 3.63) is 52.1 Å². The van der Waals surface area contributed by atoms with Crippen LogP contribution >= 0.6 is 0 Å². The number of piperidine rings is 1. The van der Waals surface area contributed by atoms with Gasteiger partial charge in [0.05, 0.1) is 23.2 Å². The van der Waals surface area contributed by atoms with Crippen LogP contribution in [0.4, 0.5) is 10.1 Å². The van der Waals surface area contributed by atoms with Crippen LogP contribution in [0.25, 0.3) is 0 Å². The molecule has 1 fully saturated rings. The Bertz CT molecular complexity index is 1160. The number of hydrogen-bond acceptors (Lipinski definition) is 5. The minimum Gasteiger partial charge on any atom is -0.481 e. The van der Waals surface area contributed by atoms with Gasteiger partial charge in [-0.1, -0.05) is 0 Å². The lowest BCUT2D eigenvalue weighted by atomic mass is 9.86. The third kappa shape index (κ3) is 5.01. The molecule has 9 nitrogen and oxygen atoms in total. The molecular formula is C24H29FN4O5. The fraction of sp³-hybridized carbons (Fsp3) is 0.417. The average Bonchev–Trinajstić information content (AvgIpc) is 2.98. The van der Waals surface area contributed by atoms with Gasteiger partial charge in [0.2, 0.25) is 0 Å². The largest absolute Gasteiger partial charge is 0.481 e. The van der Waals surface area contributed by atoms with Crippen LogP contribution in [0.2, 0.25) is 0 Å². The molecular weight excluding hydrogens is 443 g/mol. The molecule has 0 saturated carbocycles. The quantitative estimate of drug-likeness (QED) is 0.361. The Kier molecular flexibility index (Phi) is 7.21. The zero-order valence-corrected chi connectivity index (χ0v) is 19.7. The highest BCUT2D eigenvalue weighted by Gasteiger charge is 2.38. The number of nitrogens with zero attached hydrogens (tertiary/aromatic N) is 1. The molecule has 2 heterocycles. The second-order valence-electron chi connectivity index (χ2n) is 8.83. The zero-order valence-electron chi connectivity index (χ0n) is 19.7. The van der Waals surface area contributed by atoms with E-state index in [-0.39, 0.29) is 24.2 Å². The van der Waals surface area contributed by atoms with E-state index in [1.54, 1.807) is 27.8 Å². The van der Waals surface area contributed by atoms with Crippen LogP contribution in [0.15, 0.2) is 18.2 Å². The summed E-state index contributed by atoms with van der Waals surface area (Å²) in [6, 6.07) is 4.19. The molecule has 0 aliphatic carbocycles. The topological polar surface area (TPSA) is 130 Å². The van der Waals surface area contributed by atoms with Crippen LogP contribution in [-0.4, -0.2) is 51.9 Å². The molecule has 1 atom stereocenters. The van der Waals surface area contributed by atoms with E-state index in [1.165, 1.54) is 22.8 Å². The average molecular weight is 473 g/mol. The Hall–Kier alpha value is -3.53. The zero-order chi connectivity index (χ0) is 25.2. The van der Waals surface area contributed by atoms with Crippen molar-refractivity contribution < 1.29 is 28.7 Å². The van der Waals surface area contributed by atoms with Crippen LogP contribution in [0.5, 0.6) is 0 Å². The van der Waals surface area contributed by atoms with E-state index in [0.29, 0.717) is 41.9 Å². The van der Waals surface area contributed by atoms with Crippen molar-refractivity contribution in [1.29, 1.82) is 0 Å². The maximum atomic E-state index is 13.5. The highest BCUT2D eigenvalue weighted by molar-refractivity contribution is 6.43. The van der Waals surface area contributed by atoms with Gasteiger partial charge in [-0.3, -0.25) is 19.2 Å². The Morgan fingerprint density at radius 1 is 1.21 bits per heavy atom. The summed E-state index contributed by atoms with van der Waals surface area (Å²) in [4.78, 5) is 50.4. The molecule has 2 aromatic rings. The van der Waals surface area contributed by atoms with Crippen LogP contribution in [0, 0.1) is 26.6 Å². The van der Waals surface area contributed by atoms with Crippen molar-refractivity contribution in [1.82, 2.24) is 15.2 Å². The molecule has 1 saturated heterocycles. The highest BCUT2D eigenvalue weighted by Crippen LogP contribution is 2.25. The summed E-state index contributed by atoms with van der Waals surface area (Å²) in [7, 11) is 1.58. The molecule has 2 amide bonds. The minimum absolute atomic E-state index is 0.0460. The van der Waals surface area contributed by atoms with Gasteiger partial charge in [0.15, 0.2) is 0 Å². The monoisotopic (exact) mass is 472 g/mol. The van der Waals surface area contributed by atoms with Gasteiger partial charge >= 0.3 is 5.97 Å². The van der Waals surface area contributed by atoms with Crippen LogP contribution in [-0.2, 0) is 16.6 Å². The number of carboxylic acids is 1. The van der Waals surface area contributed by atoms with E-state index in [2.05, 4.69) is 16.0 Å². The summed E-state index contributed by atoms with van der Waals surface area (Å²) < 4.78 is 15.0. The number of nitrogens with one attached hydrogen (secondary N) is 3. The molecule has 1 aliphatic heterocycles. The number of amides is 2. The number of rotatable bonds is 7. The summed E-state index contributed by atoms with van der Waals surface area (Å²) in [6.07, 6.45) is 0.785. The highest BCUT2D eigenvalue weighted by atomic mass is 19.1. The third-order valence-electron chi connectivity index (χ3n) is 6.34. The Morgan fingerprint density at radius 3 is 2.50 bits per heavy atom. The van der Waals surface area contributed by atoms with Crippen molar-refractivity contribution in [3.8, 4) is 0 Å². The summed E-state index contributed by atoms with van der Waals surface area (Å²) in [5.74, 6) is -3.73. The van der Waals surface area contributed by atoms with Crippen molar-refractivity contribution in [3.63, 3.8) is 0 Å². The number of carboxylic acid groups (broad SMARTS) is 1. The molecule has 1 aliphatic rings. The van der Waals surface area contributed by atoms with E-state index in [9.17, 15) is 28.7 Å². The van der Waals surface area contributed by atoms with Gasteiger partial charge in [-0.05, 0) is 69.5 Å². The predicted molar refractivity (Wildman–Crippen MR) is 124 cm³/mol. The Balaban J connectivity index is 1.87. The number of hydrogen-bond donors (Lipinski definition) is 4. The summed E-state index contributed by atoms with van der Waals surface area (Å²) >= 11 is 0. The SMILES string of the molecule is Cc1cc(NC(=O)c2c(C)c(C(=O)C(=O)NC3(CC(=O)O)CCCNC3)n(C)c2C)ccc1F. The fourth-order valence-electron chi connectivity index (χ4n) is 4.51. The molecule has 0 bridgehead atoms. The number of carbonyl (C=O) groups excluding carboxylic acids is 3. The second-order valence-corrected chi connectivity index (χ2v) is 8.83. The standard InChI is InChI=1S/C24H29FN4O5/c1-13-10-16(6-7-17(13)25)27-22(33)19-14(2)20(29(4)15(19)3)21(32)23(34)28-24(11-18(30)31)8-5-9-26-12-24/h6-7,10,26H,5,8-9,11-12H2,1-4H3,(H,27,33)(H,28,34)(H,30,31). The predicted octanol–water partition coefficient (Wildman–Crippen LogP) is 2.24. The Morgan fingerprint density at radius 2 is 1.91 bits per heavy atom. The van der Waals surface area contributed by atoms with E-state index in [4.69, 9.17) is 0 Å². The second kappa shape index (κ2) is 9.76. The van der Waals surface area contributed by atoms with Crippen molar-refractivity contribution in [2.75, 3.05) is 18.4 Å². The number of carbonyl (C=O) groups is 4. The van der Waals surface area contributed by atoms with Crippen LogP contribution < -0.4 is 16.0 Å². The summed E-state index contributed by atoms with van der Waals surface area (Å²) in [6.45, 7) is 5.76. The molecule has 0 radical (unpaired) electrons. The smallest absolute Gasteiger partial charge is 0.305 e. The molecule has 10 heteroatoms. The lowest BCUT2D eigenvalue weighted by molar-refractivity contribution is -0.139. The van der Waals surface area contributed by atoms with Gasteiger partial charge in [-0.15, -0.1) is 0 Å². The number of Topliss-reactive ketones (excluding diaryl/α,β-unsaturated/α-hetero) is 1. The number of aryl methyl sites for hydroxylation is 1. The molecule has 4 N–H and O–H groups in total. The van der Waals surface area contributed by atoms with Crippen molar-refractivity contribution >= 4 is 29.3 Å². The van der Waals surface area contributed by atoms with Gasteiger partial charge in [0.1, 0.15) is 5.82 Å². The molecule has 1 aromatic carbocycles. The van der Waals surface area contributed by atoms with E-state index >= 15 is 0 Å². The molecule has 34 heavy (non-hydrogen) atoms. The maximum Gasteiger partial charge on any atom is 0.305 e. The molecule has 1 unspecified atom stereocenters. The first-order valence-corrected chi connectivity index (χ1v) is 11.0. The first kappa shape index (κ1) is 25.1. The number of aromatic nitrogens is 1. The lowest BCUT2D eigenvalue weighted by Gasteiger charge is -2.37. The van der Waals surface area contributed by atoms with E-state index in [0.717, 1.165) is 0 Å². The first-order valence-electron chi connectivity index (χ1n) is 11.0. The minimum atomic E-state index is -1.07. The number of ketones is 1. The molecule has 0 spiro atoms. The van der Waals surface area contributed by atoms with Gasteiger partial charge in [0.25, 0.3) is 17.6 Å². The van der Waals surface area contributed by atoms with Crippen molar-refractivity contribution in [2.45, 2.75) is 45.6 Å². The van der Waals surface area contributed by atoms with Crippen molar-refractivity contribution in [2.24, 2.45) is 7.05 Å². The number of halogens is 1. The maximum absolute atomic E-state index is 13.5. The number of anilines is 1. The van der Waals surface area contributed by atoms with Gasteiger partial charge in [-0.2, -0.15) is 0 Å². The number of benzene rings is 1. The van der Waals surface area contributed by atoms with E-state index < -0.39 is 34.9 Å². The van der Waals surface area contributed by atoms with Gasteiger partial charge in [-0.25, -0.2) is 4.39 Å². The molecule has 1 aromatic heterocycles. The Labute approximate surface area is 196 Å². The van der Waals surface area contributed by atoms with Gasteiger partial charge < -0.3 is 25.6 Å². The number of aliphatic carboxylic acids is 1. The normalized spacial score (nSPS) is 17.8. The van der Waals surface area contributed by atoms with Gasteiger partial charge in [0, 0.05) is 25.0 Å².